The largest absolute Gasteiger partial charge is 0.494 e. The van der Waals surface area contributed by atoms with Crippen molar-refractivity contribution < 1.29 is 19.1 Å². The van der Waals surface area contributed by atoms with Crippen LogP contribution in [0.25, 0.3) is 0 Å². The second-order valence-corrected chi connectivity index (χ2v) is 8.54. The van der Waals surface area contributed by atoms with Crippen LogP contribution < -0.4 is 20.3 Å². The predicted molar refractivity (Wildman–Crippen MR) is 137 cm³/mol. The van der Waals surface area contributed by atoms with E-state index in [2.05, 4.69) is 10.6 Å². The molecule has 0 saturated carbocycles. The Bertz CT molecular complexity index is 1340. The zero-order valence-electron chi connectivity index (χ0n) is 18.3. The quantitative estimate of drug-likeness (QED) is 0.362. The summed E-state index contributed by atoms with van der Waals surface area (Å²) in [5.41, 5.74) is 1.64. The molecule has 0 aromatic heterocycles. The van der Waals surface area contributed by atoms with Crippen molar-refractivity contribution in [2.45, 2.75) is 6.92 Å². The summed E-state index contributed by atoms with van der Waals surface area (Å²) in [4.78, 5) is 39.0. The Morgan fingerprint density at radius 2 is 1.51 bits per heavy atom. The van der Waals surface area contributed by atoms with Crippen LogP contribution >= 0.6 is 34.8 Å². The Hall–Kier alpha value is -3.52. The van der Waals surface area contributed by atoms with E-state index >= 15 is 0 Å². The number of imide groups is 1. The molecule has 1 heterocycles. The first-order valence-electron chi connectivity index (χ1n) is 10.4. The van der Waals surface area contributed by atoms with Gasteiger partial charge in [-0.3, -0.25) is 14.4 Å². The predicted octanol–water partition coefficient (Wildman–Crippen LogP) is 6.08. The number of halogens is 3. The maximum Gasteiger partial charge on any atom is 0.283 e. The average Bonchev–Trinajstić information content (AvgIpc) is 3.06. The zero-order valence-corrected chi connectivity index (χ0v) is 20.5. The molecule has 3 amide bonds. The smallest absolute Gasteiger partial charge is 0.283 e. The molecule has 35 heavy (non-hydrogen) atoms. The van der Waals surface area contributed by atoms with Crippen LogP contribution in [0.5, 0.6) is 5.75 Å². The number of carbonyl (C=O) groups is 3. The van der Waals surface area contributed by atoms with Crippen molar-refractivity contribution in [2.24, 2.45) is 0 Å². The Morgan fingerprint density at radius 3 is 2.14 bits per heavy atom. The summed E-state index contributed by atoms with van der Waals surface area (Å²) in [5.74, 6) is -0.929. The highest BCUT2D eigenvalue weighted by Crippen LogP contribution is 2.33. The first-order chi connectivity index (χ1) is 16.8. The van der Waals surface area contributed by atoms with Gasteiger partial charge in [-0.1, -0.05) is 34.8 Å². The Labute approximate surface area is 216 Å². The summed E-state index contributed by atoms with van der Waals surface area (Å²) in [6, 6.07) is 17.8. The molecule has 3 aromatic rings. The molecule has 1 aliphatic rings. The van der Waals surface area contributed by atoms with E-state index in [-0.39, 0.29) is 27.3 Å². The van der Waals surface area contributed by atoms with Crippen LogP contribution in [-0.2, 0) is 9.59 Å². The van der Waals surface area contributed by atoms with Crippen LogP contribution in [-0.4, -0.2) is 24.3 Å². The lowest BCUT2D eigenvalue weighted by molar-refractivity contribution is -0.120. The topological polar surface area (TPSA) is 87.7 Å². The number of nitrogens with zero attached hydrogens (tertiary/aromatic N) is 1. The third-order valence-electron chi connectivity index (χ3n) is 5.03. The maximum atomic E-state index is 12.9. The molecular formula is C25H18Cl3N3O4. The van der Waals surface area contributed by atoms with E-state index in [1.165, 1.54) is 18.2 Å². The summed E-state index contributed by atoms with van der Waals surface area (Å²) in [7, 11) is 0. The number of rotatable bonds is 7. The van der Waals surface area contributed by atoms with Gasteiger partial charge in [0.15, 0.2) is 0 Å². The zero-order chi connectivity index (χ0) is 25.1. The monoisotopic (exact) mass is 529 g/mol. The SMILES string of the molecule is CCOc1ccc(NC(=O)c2ccc(NC3=C(Cl)C(=O)N(c4ccc(Cl)c(Cl)c4)C3=O)cc2)cc1. The van der Waals surface area contributed by atoms with Gasteiger partial charge in [-0.15, -0.1) is 0 Å². The van der Waals surface area contributed by atoms with Crippen LogP contribution in [0.2, 0.25) is 10.0 Å². The highest BCUT2D eigenvalue weighted by Gasteiger charge is 2.39. The number of nitrogens with one attached hydrogen (secondary N) is 2. The van der Waals surface area contributed by atoms with Crippen LogP contribution in [0.3, 0.4) is 0 Å². The Kier molecular flexibility index (Phi) is 7.31. The third kappa shape index (κ3) is 5.27. The minimum absolute atomic E-state index is 0.0886. The fraction of sp³-hybridized carbons (Fsp3) is 0.0800. The molecular weight excluding hydrogens is 513 g/mol. The highest BCUT2D eigenvalue weighted by atomic mass is 35.5. The van der Waals surface area contributed by atoms with Crippen LogP contribution in [0.1, 0.15) is 17.3 Å². The van der Waals surface area contributed by atoms with E-state index in [1.54, 1.807) is 48.5 Å². The van der Waals surface area contributed by atoms with Crippen molar-refractivity contribution in [1.29, 1.82) is 0 Å². The minimum atomic E-state index is -0.691. The molecule has 3 aromatic carbocycles. The van der Waals surface area contributed by atoms with Crippen molar-refractivity contribution >= 4 is 69.6 Å². The van der Waals surface area contributed by atoms with E-state index in [9.17, 15) is 14.4 Å². The van der Waals surface area contributed by atoms with Crippen molar-refractivity contribution in [3.8, 4) is 5.75 Å². The molecule has 4 rings (SSSR count). The molecule has 10 heteroatoms. The normalized spacial score (nSPS) is 13.3. The van der Waals surface area contributed by atoms with Gasteiger partial charge < -0.3 is 15.4 Å². The van der Waals surface area contributed by atoms with E-state index < -0.39 is 11.8 Å². The van der Waals surface area contributed by atoms with E-state index in [4.69, 9.17) is 39.5 Å². The Balaban J connectivity index is 1.45. The number of anilines is 3. The number of hydrogen-bond donors (Lipinski definition) is 2. The lowest BCUT2D eigenvalue weighted by Gasteiger charge is -2.15. The van der Waals surface area contributed by atoms with Gasteiger partial charge in [-0.2, -0.15) is 0 Å². The molecule has 0 spiro atoms. The fourth-order valence-corrected chi connectivity index (χ4v) is 3.83. The summed E-state index contributed by atoms with van der Waals surface area (Å²) in [6.45, 7) is 2.45. The lowest BCUT2D eigenvalue weighted by Crippen LogP contribution is -2.32. The van der Waals surface area contributed by atoms with Gasteiger partial charge in [-0.05, 0) is 73.7 Å². The summed E-state index contributed by atoms with van der Waals surface area (Å²) >= 11 is 18.1. The number of amides is 3. The number of hydrogen-bond acceptors (Lipinski definition) is 5. The molecule has 7 nitrogen and oxygen atoms in total. The van der Waals surface area contributed by atoms with Gasteiger partial charge in [0.05, 0.1) is 22.3 Å². The first kappa shape index (κ1) is 24.6. The van der Waals surface area contributed by atoms with Gasteiger partial charge in [-0.25, -0.2) is 4.90 Å². The van der Waals surface area contributed by atoms with Gasteiger partial charge in [0.2, 0.25) is 0 Å². The Morgan fingerprint density at radius 1 is 0.857 bits per heavy atom. The van der Waals surface area contributed by atoms with Gasteiger partial charge >= 0.3 is 0 Å². The van der Waals surface area contributed by atoms with E-state index in [0.29, 0.717) is 34.3 Å². The standard InChI is InChI=1S/C25H18Cl3N3O4/c1-2-35-18-10-7-16(8-11-18)30-23(32)14-3-5-15(6-4-14)29-22-21(28)24(33)31(25(22)34)17-9-12-19(26)20(27)13-17/h3-13,29H,2H2,1H3,(H,30,32). The molecule has 178 valence electrons. The second-order valence-electron chi connectivity index (χ2n) is 7.35. The van der Waals surface area contributed by atoms with Crippen molar-refractivity contribution in [3.05, 3.63) is 93.1 Å². The second kappa shape index (κ2) is 10.4. The van der Waals surface area contributed by atoms with Crippen molar-refractivity contribution in [2.75, 3.05) is 22.1 Å². The molecule has 0 radical (unpaired) electrons. The molecule has 0 fully saturated rings. The molecule has 1 aliphatic heterocycles. The van der Waals surface area contributed by atoms with Crippen LogP contribution in [0.15, 0.2) is 77.5 Å². The number of benzene rings is 3. The third-order valence-corrected chi connectivity index (χ3v) is 6.12. The van der Waals surface area contributed by atoms with Crippen LogP contribution in [0, 0.1) is 0 Å². The van der Waals surface area contributed by atoms with E-state index in [1.807, 2.05) is 6.92 Å². The average molecular weight is 531 g/mol. The molecule has 0 atom stereocenters. The highest BCUT2D eigenvalue weighted by molar-refractivity contribution is 6.53. The van der Waals surface area contributed by atoms with Crippen molar-refractivity contribution in [1.82, 2.24) is 0 Å². The van der Waals surface area contributed by atoms with Gasteiger partial charge in [0, 0.05) is 16.9 Å². The molecule has 0 bridgehead atoms. The first-order valence-corrected chi connectivity index (χ1v) is 11.6. The maximum absolute atomic E-state index is 12.9. The molecule has 0 saturated heterocycles. The molecule has 2 N–H and O–H groups in total. The lowest BCUT2D eigenvalue weighted by atomic mass is 10.2. The summed E-state index contributed by atoms with van der Waals surface area (Å²) in [5, 5.41) is 5.88. The van der Waals surface area contributed by atoms with E-state index in [0.717, 1.165) is 4.90 Å². The molecule has 0 aliphatic carbocycles. The van der Waals surface area contributed by atoms with Gasteiger partial charge in [0.25, 0.3) is 17.7 Å². The van der Waals surface area contributed by atoms with Crippen LogP contribution in [0.4, 0.5) is 17.1 Å². The molecule has 0 unspecified atom stereocenters. The number of carbonyl (C=O) groups excluding carboxylic acids is 3. The fourth-order valence-electron chi connectivity index (χ4n) is 3.32. The summed E-state index contributed by atoms with van der Waals surface area (Å²) in [6.07, 6.45) is 0. The number of ether oxygens (including phenoxy) is 1. The van der Waals surface area contributed by atoms with Gasteiger partial charge in [0.1, 0.15) is 16.5 Å². The minimum Gasteiger partial charge on any atom is -0.494 e. The van der Waals surface area contributed by atoms with Crippen molar-refractivity contribution in [3.63, 3.8) is 0 Å². The summed E-state index contributed by atoms with van der Waals surface area (Å²) < 4.78 is 5.39.